The molecule has 0 bridgehead atoms. The Hall–Kier alpha value is -1.92. The number of nitrogens with zero attached hydrogens (tertiary/aromatic N) is 2. The Kier molecular flexibility index (Phi) is 3.59. The number of ether oxygens (including phenoxy) is 1. The number of benzene rings is 1. The number of anilines is 1. The van der Waals surface area contributed by atoms with E-state index in [1.165, 1.54) is 18.5 Å². The van der Waals surface area contributed by atoms with E-state index in [-0.39, 0.29) is 5.02 Å². The van der Waals surface area contributed by atoms with E-state index < -0.39 is 5.82 Å². The van der Waals surface area contributed by atoms with Crippen LogP contribution in [-0.2, 0) is 0 Å². The number of nitrogen functional groups attached to an aromatic ring is 1. The van der Waals surface area contributed by atoms with Crippen LogP contribution in [0.3, 0.4) is 0 Å². The molecule has 0 fully saturated rings. The fourth-order valence-electron chi connectivity index (χ4n) is 1.34. The molecular weight excluding hydrogens is 259 g/mol. The molecule has 0 atom stereocenters. The molecule has 0 aliphatic carbocycles. The van der Waals surface area contributed by atoms with E-state index >= 15 is 0 Å². The predicted octanol–water partition coefficient (Wildman–Crippen LogP) is 2.66. The zero-order chi connectivity index (χ0) is 13.1. The molecule has 0 unspecified atom stereocenters. The van der Waals surface area contributed by atoms with E-state index in [0.29, 0.717) is 23.0 Å². The van der Waals surface area contributed by atoms with Crippen LogP contribution >= 0.6 is 11.6 Å². The second kappa shape index (κ2) is 5.16. The number of nitrogens with one attached hydrogen (secondary N) is 1. The summed E-state index contributed by atoms with van der Waals surface area (Å²) in [7, 11) is 0. The van der Waals surface area contributed by atoms with Gasteiger partial charge in [-0.05, 0) is 25.1 Å². The van der Waals surface area contributed by atoms with Crippen LogP contribution < -0.4 is 16.0 Å². The van der Waals surface area contributed by atoms with Crippen molar-refractivity contribution in [1.82, 2.24) is 9.97 Å². The van der Waals surface area contributed by atoms with Crippen molar-refractivity contribution in [2.24, 2.45) is 5.84 Å². The summed E-state index contributed by atoms with van der Waals surface area (Å²) in [6.45, 7) is 1.74. The summed E-state index contributed by atoms with van der Waals surface area (Å²) >= 11 is 5.86. The van der Waals surface area contributed by atoms with E-state index in [2.05, 4.69) is 15.4 Å². The van der Waals surface area contributed by atoms with E-state index in [9.17, 15) is 4.39 Å². The molecule has 0 saturated carbocycles. The van der Waals surface area contributed by atoms with Gasteiger partial charge >= 0.3 is 0 Å². The third-order valence-corrected chi connectivity index (χ3v) is 2.57. The van der Waals surface area contributed by atoms with Gasteiger partial charge in [-0.1, -0.05) is 11.6 Å². The smallest absolute Gasteiger partial charge is 0.227 e. The highest BCUT2D eigenvalue weighted by molar-refractivity contribution is 6.32. The number of halogens is 2. The molecule has 1 aromatic carbocycles. The van der Waals surface area contributed by atoms with Crippen LogP contribution in [0.2, 0.25) is 5.02 Å². The Morgan fingerprint density at radius 2 is 2.17 bits per heavy atom. The monoisotopic (exact) mass is 268 g/mol. The third kappa shape index (κ3) is 2.49. The fourth-order valence-corrected chi connectivity index (χ4v) is 1.55. The van der Waals surface area contributed by atoms with Gasteiger partial charge in [0, 0.05) is 0 Å². The van der Waals surface area contributed by atoms with Gasteiger partial charge in [0.2, 0.25) is 5.88 Å². The highest BCUT2D eigenvalue weighted by Crippen LogP contribution is 2.31. The van der Waals surface area contributed by atoms with Crippen molar-refractivity contribution < 1.29 is 9.13 Å². The lowest BCUT2D eigenvalue weighted by atomic mass is 10.3. The molecule has 2 aromatic rings. The number of hydrazine groups is 1. The first kappa shape index (κ1) is 12.5. The van der Waals surface area contributed by atoms with E-state index in [1.54, 1.807) is 6.92 Å². The van der Waals surface area contributed by atoms with E-state index in [1.807, 2.05) is 0 Å². The maximum atomic E-state index is 12.9. The lowest BCUT2D eigenvalue weighted by Crippen LogP contribution is -2.11. The Balaban J connectivity index is 2.34. The first-order valence-electron chi connectivity index (χ1n) is 5.03. The molecule has 7 heteroatoms. The molecule has 1 aromatic heterocycles. The minimum absolute atomic E-state index is 0.162. The first-order chi connectivity index (χ1) is 8.61. The normalized spacial score (nSPS) is 10.2. The molecule has 5 nitrogen and oxygen atoms in total. The lowest BCUT2D eigenvalue weighted by Gasteiger charge is -2.10. The largest absolute Gasteiger partial charge is 0.437 e. The maximum absolute atomic E-state index is 12.9. The molecular formula is C11H10ClFN4O. The lowest BCUT2D eigenvalue weighted by molar-refractivity contribution is 0.456. The Bertz CT molecular complexity index is 579. The summed E-state index contributed by atoms with van der Waals surface area (Å²) in [5.74, 6) is 5.91. The van der Waals surface area contributed by atoms with Crippen molar-refractivity contribution in [3.05, 3.63) is 40.9 Å². The van der Waals surface area contributed by atoms with Gasteiger partial charge in [0.15, 0.2) is 0 Å². The Labute approximate surface area is 108 Å². The minimum Gasteiger partial charge on any atom is -0.437 e. The van der Waals surface area contributed by atoms with Crippen LogP contribution in [0.4, 0.5) is 10.2 Å². The summed E-state index contributed by atoms with van der Waals surface area (Å²) in [6, 6.07) is 3.84. The number of hydrogen-bond donors (Lipinski definition) is 2. The summed E-state index contributed by atoms with van der Waals surface area (Å²) in [6.07, 6.45) is 1.30. The van der Waals surface area contributed by atoms with Gasteiger partial charge in [0.25, 0.3) is 0 Å². The van der Waals surface area contributed by atoms with Gasteiger partial charge in [-0.3, -0.25) is 0 Å². The van der Waals surface area contributed by atoms with Crippen LogP contribution in [-0.4, -0.2) is 9.97 Å². The summed E-state index contributed by atoms with van der Waals surface area (Å²) in [4.78, 5) is 7.88. The van der Waals surface area contributed by atoms with Crippen LogP contribution in [0.5, 0.6) is 11.6 Å². The molecule has 3 N–H and O–H groups in total. The molecule has 1 heterocycles. The molecule has 0 aliphatic rings. The van der Waals surface area contributed by atoms with Crippen LogP contribution in [0.15, 0.2) is 24.5 Å². The maximum Gasteiger partial charge on any atom is 0.227 e. The average molecular weight is 269 g/mol. The molecule has 0 amide bonds. The minimum atomic E-state index is -0.434. The summed E-state index contributed by atoms with van der Waals surface area (Å²) in [5, 5.41) is 0.162. The van der Waals surface area contributed by atoms with Crippen molar-refractivity contribution in [2.75, 3.05) is 5.43 Å². The standard InChI is InChI=1S/C11H10ClFN4O/c1-6-10(17-14)15-5-16-11(6)18-9-3-2-7(13)4-8(9)12/h2-5H,14H2,1H3,(H,15,16,17). The fraction of sp³-hybridized carbons (Fsp3) is 0.0909. The van der Waals surface area contributed by atoms with Crippen molar-refractivity contribution in [3.8, 4) is 11.6 Å². The number of aromatic nitrogens is 2. The topological polar surface area (TPSA) is 73.1 Å². The average Bonchev–Trinajstić information content (AvgIpc) is 2.35. The first-order valence-corrected chi connectivity index (χ1v) is 5.40. The van der Waals surface area contributed by atoms with Gasteiger partial charge in [-0.25, -0.2) is 20.2 Å². The zero-order valence-corrected chi connectivity index (χ0v) is 10.2. The van der Waals surface area contributed by atoms with Gasteiger partial charge < -0.3 is 10.2 Å². The molecule has 0 radical (unpaired) electrons. The zero-order valence-electron chi connectivity index (χ0n) is 9.45. The van der Waals surface area contributed by atoms with Crippen molar-refractivity contribution >= 4 is 17.4 Å². The molecule has 2 rings (SSSR count). The molecule has 0 spiro atoms. The van der Waals surface area contributed by atoms with Crippen LogP contribution in [0.25, 0.3) is 0 Å². The highest BCUT2D eigenvalue weighted by Gasteiger charge is 2.10. The summed E-state index contributed by atoms with van der Waals surface area (Å²) < 4.78 is 18.4. The quantitative estimate of drug-likeness (QED) is 0.661. The summed E-state index contributed by atoms with van der Waals surface area (Å²) in [5.41, 5.74) is 3.05. The van der Waals surface area contributed by atoms with Gasteiger partial charge in [0.1, 0.15) is 23.7 Å². The third-order valence-electron chi connectivity index (χ3n) is 2.28. The number of hydrogen-bond acceptors (Lipinski definition) is 5. The van der Waals surface area contributed by atoms with Crippen molar-refractivity contribution in [2.45, 2.75) is 6.92 Å². The Morgan fingerprint density at radius 3 is 2.83 bits per heavy atom. The van der Waals surface area contributed by atoms with Crippen molar-refractivity contribution in [1.29, 1.82) is 0 Å². The van der Waals surface area contributed by atoms with Crippen LogP contribution in [0.1, 0.15) is 5.56 Å². The van der Waals surface area contributed by atoms with Crippen LogP contribution in [0, 0.1) is 12.7 Å². The number of nitrogens with two attached hydrogens (primary N) is 1. The van der Waals surface area contributed by atoms with Gasteiger partial charge in [-0.2, -0.15) is 0 Å². The highest BCUT2D eigenvalue weighted by atomic mass is 35.5. The second-order valence-corrected chi connectivity index (χ2v) is 3.88. The van der Waals surface area contributed by atoms with E-state index in [4.69, 9.17) is 22.2 Å². The molecule has 18 heavy (non-hydrogen) atoms. The molecule has 0 saturated heterocycles. The second-order valence-electron chi connectivity index (χ2n) is 3.47. The van der Waals surface area contributed by atoms with E-state index in [0.717, 1.165) is 6.07 Å². The van der Waals surface area contributed by atoms with Crippen molar-refractivity contribution in [3.63, 3.8) is 0 Å². The van der Waals surface area contributed by atoms with Gasteiger partial charge in [0.05, 0.1) is 10.6 Å². The Morgan fingerprint density at radius 1 is 1.39 bits per heavy atom. The SMILES string of the molecule is Cc1c(NN)ncnc1Oc1ccc(F)cc1Cl. The predicted molar refractivity (Wildman–Crippen MR) is 66.1 cm³/mol. The number of rotatable bonds is 3. The van der Waals surface area contributed by atoms with Gasteiger partial charge in [-0.15, -0.1) is 0 Å². The molecule has 94 valence electrons. The molecule has 0 aliphatic heterocycles.